The zero-order valence-electron chi connectivity index (χ0n) is 8.89. The van der Waals surface area contributed by atoms with E-state index in [1.54, 1.807) is 13.2 Å². The lowest BCUT2D eigenvalue weighted by molar-refractivity contribution is 0.171. The summed E-state index contributed by atoms with van der Waals surface area (Å²) in [7, 11) is 1.66. The molecular weight excluding hydrogens is 261 g/mol. The van der Waals surface area contributed by atoms with E-state index in [2.05, 4.69) is 21.2 Å². The molecule has 15 heavy (non-hydrogen) atoms. The molecule has 0 saturated heterocycles. The summed E-state index contributed by atoms with van der Waals surface area (Å²) in [6.07, 6.45) is 0. The number of benzene rings is 1. The third-order valence-electron chi connectivity index (χ3n) is 2.06. The Bertz CT molecular complexity index is 319. The van der Waals surface area contributed by atoms with Crippen LogP contribution < -0.4 is 5.32 Å². The fourth-order valence-corrected chi connectivity index (χ4v) is 1.50. The molecular formula is C11H15BrFNO. The van der Waals surface area contributed by atoms with Crippen molar-refractivity contribution in [2.45, 2.75) is 19.5 Å². The van der Waals surface area contributed by atoms with E-state index in [1.807, 2.05) is 13.0 Å². The van der Waals surface area contributed by atoms with Crippen LogP contribution in [0.4, 0.5) is 4.39 Å². The second kappa shape index (κ2) is 6.20. The van der Waals surface area contributed by atoms with Gasteiger partial charge in [-0.1, -0.05) is 6.07 Å². The molecule has 1 N–H and O–H groups in total. The molecule has 0 amide bonds. The minimum absolute atomic E-state index is 0.228. The molecule has 0 unspecified atom stereocenters. The van der Waals surface area contributed by atoms with Crippen molar-refractivity contribution in [1.29, 1.82) is 0 Å². The molecule has 1 aromatic rings. The molecule has 0 fully saturated rings. The first-order valence-corrected chi connectivity index (χ1v) is 5.59. The highest BCUT2D eigenvalue weighted by atomic mass is 79.9. The average Bonchev–Trinajstić information content (AvgIpc) is 2.20. The number of methoxy groups -OCH3 is 1. The number of hydrogen-bond donors (Lipinski definition) is 1. The van der Waals surface area contributed by atoms with E-state index in [9.17, 15) is 4.39 Å². The van der Waals surface area contributed by atoms with Crippen molar-refractivity contribution in [2.24, 2.45) is 0 Å². The predicted molar refractivity (Wildman–Crippen MR) is 62.3 cm³/mol. The first kappa shape index (κ1) is 12.6. The summed E-state index contributed by atoms with van der Waals surface area (Å²) in [5.74, 6) is -0.228. The Balaban J connectivity index is 2.47. The van der Waals surface area contributed by atoms with Gasteiger partial charge in [-0.3, -0.25) is 0 Å². The van der Waals surface area contributed by atoms with E-state index in [-0.39, 0.29) is 11.9 Å². The van der Waals surface area contributed by atoms with Crippen molar-refractivity contribution in [3.63, 3.8) is 0 Å². The van der Waals surface area contributed by atoms with E-state index in [0.717, 1.165) is 5.56 Å². The molecule has 0 saturated carbocycles. The highest BCUT2D eigenvalue weighted by Gasteiger charge is 2.03. The monoisotopic (exact) mass is 275 g/mol. The van der Waals surface area contributed by atoms with Gasteiger partial charge in [-0.15, -0.1) is 0 Å². The molecule has 0 bridgehead atoms. The largest absolute Gasteiger partial charge is 0.383 e. The van der Waals surface area contributed by atoms with E-state index >= 15 is 0 Å². The van der Waals surface area contributed by atoms with Gasteiger partial charge in [0.25, 0.3) is 0 Å². The average molecular weight is 276 g/mol. The predicted octanol–water partition coefficient (Wildman–Crippen LogP) is 2.71. The summed E-state index contributed by atoms with van der Waals surface area (Å²) < 4.78 is 18.6. The maximum absolute atomic E-state index is 13.2. The van der Waals surface area contributed by atoms with Gasteiger partial charge in [0, 0.05) is 19.7 Å². The third-order valence-corrected chi connectivity index (χ3v) is 2.70. The zero-order chi connectivity index (χ0) is 11.3. The summed E-state index contributed by atoms with van der Waals surface area (Å²) in [6.45, 7) is 3.33. The summed E-state index contributed by atoms with van der Waals surface area (Å²) in [6, 6.07) is 5.39. The maximum Gasteiger partial charge on any atom is 0.137 e. The lowest BCUT2D eigenvalue weighted by Gasteiger charge is -2.12. The minimum Gasteiger partial charge on any atom is -0.383 e. The maximum atomic E-state index is 13.2. The van der Waals surface area contributed by atoms with Crippen molar-refractivity contribution in [2.75, 3.05) is 13.7 Å². The van der Waals surface area contributed by atoms with Crippen molar-refractivity contribution in [1.82, 2.24) is 5.32 Å². The minimum atomic E-state index is -0.228. The van der Waals surface area contributed by atoms with E-state index < -0.39 is 0 Å². The van der Waals surface area contributed by atoms with Gasteiger partial charge in [-0.05, 0) is 40.5 Å². The second-order valence-electron chi connectivity index (χ2n) is 3.49. The Morgan fingerprint density at radius 3 is 2.87 bits per heavy atom. The fourth-order valence-electron chi connectivity index (χ4n) is 1.25. The van der Waals surface area contributed by atoms with Crippen LogP contribution in [0.1, 0.15) is 12.5 Å². The van der Waals surface area contributed by atoms with Gasteiger partial charge in [-0.25, -0.2) is 4.39 Å². The van der Waals surface area contributed by atoms with Crippen LogP contribution in [-0.4, -0.2) is 19.8 Å². The van der Waals surface area contributed by atoms with Gasteiger partial charge in [0.15, 0.2) is 0 Å². The molecule has 0 aliphatic carbocycles. The van der Waals surface area contributed by atoms with Gasteiger partial charge in [0.1, 0.15) is 5.82 Å². The van der Waals surface area contributed by atoms with Crippen LogP contribution in [0.15, 0.2) is 22.7 Å². The molecule has 1 atom stereocenters. The molecule has 2 nitrogen and oxygen atoms in total. The topological polar surface area (TPSA) is 21.3 Å². The molecule has 84 valence electrons. The molecule has 4 heteroatoms. The van der Waals surface area contributed by atoms with Crippen molar-refractivity contribution < 1.29 is 9.13 Å². The van der Waals surface area contributed by atoms with Gasteiger partial charge >= 0.3 is 0 Å². The third kappa shape index (κ3) is 4.28. The molecule has 0 aliphatic heterocycles. The van der Waals surface area contributed by atoms with Crippen LogP contribution in [0, 0.1) is 5.82 Å². The zero-order valence-corrected chi connectivity index (χ0v) is 10.5. The number of nitrogens with one attached hydrogen (secondary N) is 1. The van der Waals surface area contributed by atoms with Crippen molar-refractivity contribution >= 4 is 15.9 Å². The highest BCUT2D eigenvalue weighted by molar-refractivity contribution is 9.10. The molecule has 0 radical (unpaired) electrons. The molecule has 0 aromatic heterocycles. The Morgan fingerprint density at radius 1 is 1.53 bits per heavy atom. The van der Waals surface area contributed by atoms with Crippen molar-refractivity contribution in [3.8, 4) is 0 Å². The van der Waals surface area contributed by atoms with Crippen LogP contribution in [0.3, 0.4) is 0 Å². The van der Waals surface area contributed by atoms with Crippen LogP contribution in [0.25, 0.3) is 0 Å². The van der Waals surface area contributed by atoms with E-state index in [0.29, 0.717) is 17.6 Å². The normalized spacial score (nSPS) is 12.8. The van der Waals surface area contributed by atoms with Gasteiger partial charge < -0.3 is 10.1 Å². The summed E-state index contributed by atoms with van der Waals surface area (Å²) in [4.78, 5) is 0. The van der Waals surface area contributed by atoms with Crippen LogP contribution >= 0.6 is 15.9 Å². The summed E-state index contributed by atoms with van der Waals surface area (Å²) in [5.41, 5.74) is 0.929. The molecule has 1 aromatic carbocycles. The Hall–Kier alpha value is -0.450. The Labute approximate surface area is 98.0 Å². The van der Waals surface area contributed by atoms with Crippen LogP contribution in [0.2, 0.25) is 0 Å². The second-order valence-corrected chi connectivity index (χ2v) is 4.34. The van der Waals surface area contributed by atoms with Gasteiger partial charge in [-0.2, -0.15) is 0 Å². The van der Waals surface area contributed by atoms with Gasteiger partial charge in [0.2, 0.25) is 0 Å². The van der Waals surface area contributed by atoms with Crippen molar-refractivity contribution in [3.05, 3.63) is 34.1 Å². The van der Waals surface area contributed by atoms with Crippen LogP contribution in [0.5, 0.6) is 0 Å². The Kier molecular flexibility index (Phi) is 5.22. The number of rotatable bonds is 5. The first-order valence-electron chi connectivity index (χ1n) is 4.79. The van der Waals surface area contributed by atoms with E-state index in [1.165, 1.54) is 6.07 Å². The summed E-state index contributed by atoms with van der Waals surface area (Å²) >= 11 is 3.12. The Morgan fingerprint density at radius 2 is 2.27 bits per heavy atom. The quantitative estimate of drug-likeness (QED) is 0.892. The number of halogens is 2. The lowest BCUT2D eigenvalue weighted by Crippen LogP contribution is -2.29. The number of ether oxygens (including phenoxy) is 1. The van der Waals surface area contributed by atoms with Crippen LogP contribution in [-0.2, 0) is 11.3 Å². The molecule has 1 rings (SSSR count). The highest BCUT2D eigenvalue weighted by Crippen LogP contribution is 2.16. The lowest BCUT2D eigenvalue weighted by atomic mass is 10.2. The first-order chi connectivity index (χ1) is 7.13. The fraction of sp³-hybridized carbons (Fsp3) is 0.455. The summed E-state index contributed by atoms with van der Waals surface area (Å²) in [5, 5.41) is 3.24. The molecule has 0 spiro atoms. The SMILES string of the molecule is COC[C@@H](C)NCc1ccc(Br)c(F)c1. The number of hydrogen-bond acceptors (Lipinski definition) is 2. The smallest absolute Gasteiger partial charge is 0.137 e. The molecule has 0 aliphatic rings. The molecule has 0 heterocycles. The van der Waals surface area contributed by atoms with Gasteiger partial charge in [0.05, 0.1) is 11.1 Å². The van der Waals surface area contributed by atoms with E-state index in [4.69, 9.17) is 4.74 Å². The standard InChI is InChI=1S/C11H15BrFNO/c1-8(7-15-2)14-6-9-3-4-10(12)11(13)5-9/h3-5,8,14H,6-7H2,1-2H3/t8-/m1/s1.